The Hall–Kier alpha value is -1.58. The van der Waals surface area contributed by atoms with Gasteiger partial charge in [-0.15, -0.1) is 0 Å². The fourth-order valence-corrected chi connectivity index (χ4v) is 3.16. The zero-order valence-corrected chi connectivity index (χ0v) is 14.6. The molecule has 0 aliphatic carbocycles. The second-order valence-corrected chi connectivity index (χ2v) is 6.71. The third kappa shape index (κ3) is 3.26. The van der Waals surface area contributed by atoms with Gasteiger partial charge in [-0.3, -0.25) is 0 Å². The van der Waals surface area contributed by atoms with E-state index in [1.54, 1.807) is 0 Å². The van der Waals surface area contributed by atoms with E-state index < -0.39 is 0 Å². The van der Waals surface area contributed by atoms with E-state index in [0.717, 1.165) is 23.2 Å². The standard InChI is InChI=1S/C19H20BrNO/c1-21(2)11-5-7-17-16-10-9-15(20)12-14(16)13-22-19-8-4-3-6-18(17)19/h3-4,6-10,12H,5,11,13H2,1-2H3. The Balaban J connectivity index is 2.08. The first-order valence-electron chi connectivity index (χ1n) is 7.51. The lowest BCUT2D eigenvalue weighted by molar-refractivity contribution is 0.307. The summed E-state index contributed by atoms with van der Waals surface area (Å²) in [5, 5.41) is 0. The normalized spacial score (nSPS) is 15.2. The van der Waals surface area contributed by atoms with E-state index in [1.807, 2.05) is 6.07 Å². The number of hydrogen-bond acceptors (Lipinski definition) is 2. The molecule has 0 saturated carbocycles. The zero-order chi connectivity index (χ0) is 15.5. The molecule has 114 valence electrons. The molecule has 2 nitrogen and oxygen atoms in total. The van der Waals surface area contributed by atoms with E-state index >= 15 is 0 Å². The van der Waals surface area contributed by atoms with Crippen LogP contribution >= 0.6 is 15.9 Å². The van der Waals surface area contributed by atoms with E-state index in [0.29, 0.717) is 6.61 Å². The summed E-state index contributed by atoms with van der Waals surface area (Å²) in [6.45, 7) is 1.65. The van der Waals surface area contributed by atoms with Crippen LogP contribution in [-0.2, 0) is 6.61 Å². The first-order chi connectivity index (χ1) is 10.6. The second-order valence-electron chi connectivity index (χ2n) is 5.80. The van der Waals surface area contributed by atoms with E-state index in [4.69, 9.17) is 4.74 Å². The van der Waals surface area contributed by atoms with Crippen LogP contribution in [-0.4, -0.2) is 25.5 Å². The molecule has 0 unspecified atom stereocenters. The SMILES string of the molecule is CN(C)CCC=C1c2ccc(Br)cc2COc2ccccc21. The molecule has 0 fully saturated rings. The third-order valence-corrected chi connectivity index (χ3v) is 4.34. The first kappa shape index (κ1) is 15.3. The minimum Gasteiger partial charge on any atom is -0.488 e. The van der Waals surface area contributed by atoms with Crippen molar-refractivity contribution >= 4 is 21.5 Å². The number of halogens is 1. The third-order valence-electron chi connectivity index (χ3n) is 3.84. The molecule has 0 bridgehead atoms. The Kier molecular flexibility index (Phi) is 4.65. The Labute approximate surface area is 140 Å². The summed E-state index contributed by atoms with van der Waals surface area (Å²) < 4.78 is 7.11. The maximum atomic E-state index is 6.02. The van der Waals surface area contributed by atoms with Crippen LogP contribution in [0, 0.1) is 0 Å². The van der Waals surface area contributed by atoms with Gasteiger partial charge in [0.15, 0.2) is 0 Å². The summed E-state index contributed by atoms with van der Waals surface area (Å²) in [5.41, 5.74) is 4.95. The van der Waals surface area contributed by atoms with Crippen molar-refractivity contribution in [1.29, 1.82) is 0 Å². The van der Waals surface area contributed by atoms with Gasteiger partial charge in [0, 0.05) is 16.6 Å². The monoisotopic (exact) mass is 357 g/mol. The van der Waals surface area contributed by atoms with Crippen molar-refractivity contribution in [1.82, 2.24) is 4.90 Å². The number of nitrogens with zero attached hydrogens (tertiary/aromatic N) is 1. The largest absolute Gasteiger partial charge is 0.488 e. The quantitative estimate of drug-likeness (QED) is 0.787. The van der Waals surface area contributed by atoms with Crippen LogP contribution in [0.2, 0.25) is 0 Å². The molecule has 3 heteroatoms. The smallest absolute Gasteiger partial charge is 0.127 e. The molecular formula is C19H20BrNO. The van der Waals surface area contributed by atoms with Crippen molar-refractivity contribution in [2.24, 2.45) is 0 Å². The van der Waals surface area contributed by atoms with Crippen LogP contribution in [0.4, 0.5) is 0 Å². The van der Waals surface area contributed by atoms with Crippen molar-refractivity contribution in [3.63, 3.8) is 0 Å². The van der Waals surface area contributed by atoms with E-state index in [2.05, 4.69) is 77.4 Å². The number of rotatable bonds is 3. The van der Waals surface area contributed by atoms with E-state index in [9.17, 15) is 0 Å². The highest BCUT2D eigenvalue weighted by molar-refractivity contribution is 9.10. The molecular weight excluding hydrogens is 338 g/mol. The minimum atomic E-state index is 0.608. The lowest BCUT2D eigenvalue weighted by Crippen LogP contribution is -2.12. The number of benzene rings is 2. The van der Waals surface area contributed by atoms with E-state index in [1.165, 1.54) is 22.3 Å². The maximum absolute atomic E-state index is 6.02. The molecule has 0 N–H and O–H groups in total. The van der Waals surface area contributed by atoms with Crippen molar-refractivity contribution < 1.29 is 4.74 Å². The summed E-state index contributed by atoms with van der Waals surface area (Å²) in [6, 6.07) is 14.7. The molecule has 0 saturated heterocycles. The average molecular weight is 358 g/mol. The number of para-hydroxylation sites is 1. The van der Waals surface area contributed by atoms with Crippen molar-refractivity contribution in [3.05, 3.63) is 69.7 Å². The molecule has 1 heterocycles. The summed E-state index contributed by atoms with van der Waals surface area (Å²) >= 11 is 3.56. The molecule has 1 aliphatic rings. The van der Waals surface area contributed by atoms with Gasteiger partial charge in [0.1, 0.15) is 12.4 Å². The van der Waals surface area contributed by atoms with Gasteiger partial charge >= 0.3 is 0 Å². The predicted molar refractivity (Wildman–Crippen MR) is 95.2 cm³/mol. The molecule has 1 aliphatic heterocycles. The fourth-order valence-electron chi connectivity index (χ4n) is 2.75. The highest BCUT2D eigenvalue weighted by atomic mass is 79.9. The Morgan fingerprint density at radius 2 is 1.95 bits per heavy atom. The van der Waals surface area contributed by atoms with Gasteiger partial charge in [-0.25, -0.2) is 0 Å². The molecule has 0 amide bonds. The molecule has 2 aromatic rings. The predicted octanol–water partition coefficient (Wildman–Crippen LogP) is 4.72. The zero-order valence-electron chi connectivity index (χ0n) is 13.0. The summed E-state index contributed by atoms with van der Waals surface area (Å²) in [7, 11) is 4.21. The van der Waals surface area contributed by atoms with Gasteiger partial charge in [0.2, 0.25) is 0 Å². The van der Waals surface area contributed by atoms with Crippen LogP contribution in [0.25, 0.3) is 5.57 Å². The number of hydrogen-bond donors (Lipinski definition) is 0. The van der Waals surface area contributed by atoms with Crippen molar-refractivity contribution in [2.75, 3.05) is 20.6 Å². The Morgan fingerprint density at radius 3 is 2.77 bits per heavy atom. The Bertz CT molecular complexity index is 706. The summed E-state index contributed by atoms with van der Waals surface area (Å²) in [5.74, 6) is 0.964. The summed E-state index contributed by atoms with van der Waals surface area (Å²) in [6.07, 6.45) is 3.35. The maximum Gasteiger partial charge on any atom is 0.127 e. The van der Waals surface area contributed by atoms with Crippen molar-refractivity contribution in [3.8, 4) is 5.75 Å². The molecule has 0 aromatic heterocycles. The van der Waals surface area contributed by atoms with E-state index in [-0.39, 0.29) is 0 Å². The summed E-state index contributed by atoms with van der Waals surface area (Å²) in [4.78, 5) is 2.21. The molecule has 0 spiro atoms. The van der Waals surface area contributed by atoms with Crippen LogP contribution in [0.1, 0.15) is 23.1 Å². The van der Waals surface area contributed by atoms with Gasteiger partial charge in [-0.05, 0) is 55.4 Å². The first-order valence-corrected chi connectivity index (χ1v) is 8.30. The average Bonchev–Trinajstić information content (AvgIpc) is 2.64. The minimum absolute atomic E-state index is 0.608. The fraction of sp³-hybridized carbons (Fsp3) is 0.263. The molecule has 0 radical (unpaired) electrons. The van der Waals surface area contributed by atoms with Crippen LogP contribution in [0.15, 0.2) is 53.0 Å². The Morgan fingerprint density at radius 1 is 1.14 bits per heavy atom. The molecule has 3 rings (SSSR count). The van der Waals surface area contributed by atoms with Crippen molar-refractivity contribution in [2.45, 2.75) is 13.0 Å². The highest BCUT2D eigenvalue weighted by Crippen LogP contribution is 2.37. The highest BCUT2D eigenvalue weighted by Gasteiger charge is 2.18. The second kappa shape index (κ2) is 6.67. The number of ether oxygens (including phenoxy) is 1. The molecule has 2 aromatic carbocycles. The van der Waals surface area contributed by atoms with Crippen LogP contribution < -0.4 is 4.74 Å². The lowest BCUT2D eigenvalue weighted by atomic mass is 9.93. The van der Waals surface area contributed by atoms with Gasteiger partial charge in [-0.1, -0.05) is 46.3 Å². The van der Waals surface area contributed by atoms with Crippen LogP contribution in [0.3, 0.4) is 0 Å². The van der Waals surface area contributed by atoms with Gasteiger partial charge in [-0.2, -0.15) is 0 Å². The van der Waals surface area contributed by atoms with Gasteiger partial charge < -0.3 is 9.64 Å². The molecule has 0 atom stereocenters. The lowest BCUT2D eigenvalue weighted by Gasteiger charge is -2.12. The van der Waals surface area contributed by atoms with Crippen LogP contribution in [0.5, 0.6) is 5.75 Å². The molecule has 22 heavy (non-hydrogen) atoms. The topological polar surface area (TPSA) is 12.5 Å². The van der Waals surface area contributed by atoms with Gasteiger partial charge in [0.05, 0.1) is 0 Å². The number of fused-ring (bicyclic) bond motifs is 2. The van der Waals surface area contributed by atoms with Gasteiger partial charge in [0.25, 0.3) is 0 Å².